The van der Waals surface area contributed by atoms with E-state index in [1.165, 1.54) is 0 Å². The molecule has 0 unspecified atom stereocenters. The fraction of sp³-hybridized carbons (Fsp3) is 0. The van der Waals surface area contributed by atoms with Crippen LogP contribution in [0.25, 0.3) is 11.3 Å². The maximum absolute atomic E-state index is 12.6. The summed E-state index contributed by atoms with van der Waals surface area (Å²) in [7, 11) is 0. The Balaban J connectivity index is 2.14. The highest BCUT2D eigenvalue weighted by Crippen LogP contribution is 2.23. The average molecular weight is 295 g/mol. The van der Waals surface area contributed by atoms with E-state index in [4.69, 9.17) is 11.6 Å². The lowest BCUT2D eigenvalue weighted by molar-refractivity contribution is 0.103. The molecule has 2 heterocycles. The molecule has 0 amide bonds. The monoisotopic (exact) mass is 294 g/mol. The molecule has 0 saturated heterocycles. The van der Waals surface area contributed by atoms with Crippen LogP contribution in [0.3, 0.4) is 0 Å². The number of pyridine rings is 1. The Morgan fingerprint density at radius 3 is 2.62 bits per heavy atom. The first kappa shape index (κ1) is 13.4. The van der Waals surface area contributed by atoms with E-state index in [1.807, 2.05) is 6.07 Å². The zero-order valence-corrected chi connectivity index (χ0v) is 11.6. The Bertz CT molecular complexity index is 776. The molecule has 3 aromatic rings. The van der Waals surface area contributed by atoms with E-state index < -0.39 is 0 Å². The molecule has 1 radical (unpaired) electrons. The largest absolute Gasteiger partial charge is 0.287 e. The van der Waals surface area contributed by atoms with Gasteiger partial charge in [-0.2, -0.15) is 0 Å². The minimum atomic E-state index is -0.227. The third kappa shape index (κ3) is 2.80. The standard InChI is InChI=1S/C16H9ClN3O/c17-13-10-19-15(16(21)11-5-2-1-3-6-11)14(20-13)12-7-4-8-18-9-12/h1-9H. The predicted molar refractivity (Wildman–Crippen MR) is 79.0 cm³/mol. The van der Waals surface area contributed by atoms with E-state index in [1.54, 1.807) is 48.8 Å². The zero-order chi connectivity index (χ0) is 14.7. The van der Waals surface area contributed by atoms with Crippen LogP contribution >= 0.6 is 11.6 Å². The van der Waals surface area contributed by atoms with Gasteiger partial charge in [0.2, 0.25) is 5.78 Å². The average Bonchev–Trinajstić information content (AvgIpc) is 2.56. The van der Waals surface area contributed by atoms with Crippen molar-refractivity contribution in [2.45, 2.75) is 0 Å². The molecule has 5 heteroatoms. The third-order valence-electron chi connectivity index (χ3n) is 2.88. The van der Waals surface area contributed by atoms with Gasteiger partial charge < -0.3 is 0 Å². The summed E-state index contributed by atoms with van der Waals surface area (Å²) in [6, 6.07) is 12.5. The van der Waals surface area contributed by atoms with Gasteiger partial charge in [0, 0.05) is 23.5 Å². The van der Waals surface area contributed by atoms with Gasteiger partial charge in [-0.15, -0.1) is 0 Å². The molecule has 0 bridgehead atoms. The van der Waals surface area contributed by atoms with Gasteiger partial charge in [0.15, 0.2) is 5.15 Å². The molecule has 101 valence electrons. The van der Waals surface area contributed by atoms with Crippen LogP contribution in [-0.4, -0.2) is 20.7 Å². The summed E-state index contributed by atoms with van der Waals surface area (Å²) in [5, 5.41) is 0.110. The van der Waals surface area contributed by atoms with Crippen molar-refractivity contribution in [3.63, 3.8) is 0 Å². The SMILES string of the molecule is O=C(c1ccccc1)c1n[c]c(Cl)nc1-c1cccnc1. The fourth-order valence-electron chi connectivity index (χ4n) is 1.92. The topological polar surface area (TPSA) is 55.7 Å². The summed E-state index contributed by atoms with van der Waals surface area (Å²) < 4.78 is 0. The van der Waals surface area contributed by atoms with Crippen molar-refractivity contribution < 1.29 is 4.79 Å². The molecule has 0 atom stereocenters. The normalized spacial score (nSPS) is 10.3. The lowest BCUT2D eigenvalue weighted by Crippen LogP contribution is -2.08. The number of carbonyl (C=O) groups is 1. The predicted octanol–water partition coefficient (Wildman–Crippen LogP) is 3.22. The molecule has 4 nitrogen and oxygen atoms in total. The molecule has 0 aliphatic rings. The van der Waals surface area contributed by atoms with Crippen molar-refractivity contribution in [1.82, 2.24) is 15.0 Å². The zero-order valence-electron chi connectivity index (χ0n) is 10.8. The van der Waals surface area contributed by atoms with Crippen LogP contribution in [0.15, 0.2) is 54.9 Å². The molecule has 0 spiro atoms. The van der Waals surface area contributed by atoms with Crippen LogP contribution in [0.1, 0.15) is 16.1 Å². The summed E-state index contributed by atoms with van der Waals surface area (Å²) in [6.07, 6.45) is 5.78. The van der Waals surface area contributed by atoms with Crippen molar-refractivity contribution >= 4 is 17.4 Å². The number of hydrogen-bond donors (Lipinski definition) is 0. The lowest BCUT2D eigenvalue weighted by Gasteiger charge is -2.07. The van der Waals surface area contributed by atoms with Crippen molar-refractivity contribution in [1.29, 1.82) is 0 Å². The Hall–Kier alpha value is -2.59. The molecule has 0 N–H and O–H groups in total. The fourth-order valence-corrected chi connectivity index (χ4v) is 2.05. The first-order valence-corrected chi connectivity index (χ1v) is 6.59. The highest BCUT2D eigenvalue weighted by Gasteiger charge is 2.18. The Morgan fingerprint density at radius 2 is 1.90 bits per heavy atom. The van der Waals surface area contributed by atoms with E-state index in [0.29, 0.717) is 16.8 Å². The number of halogens is 1. The summed E-state index contributed by atoms with van der Waals surface area (Å²) in [5.41, 5.74) is 1.83. The molecule has 21 heavy (non-hydrogen) atoms. The van der Waals surface area contributed by atoms with Gasteiger partial charge in [-0.05, 0) is 12.1 Å². The van der Waals surface area contributed by atoms with E-state index in [9.17, 15) is 4.79 Å². The quantitative estimate of drug-likeness (QED) is 0.696. The number of hydrogen-bond acceptors (Lipinski definition) is 4. The van der Waals surface area contributed by atoms with Crippen molar-refractivity contribution in [2.24, 2.45) is 0 Å². The molecule has 0 fully saturated rings. The maximum Gasteiger partial charge on any atom is 0.213 e. The first-order chi connectivity index (χ1) is 10.3. The Kier molecular flexibility index (Phi) is 3.71. The second kappa shape index (κ2) is 5.81. The van der Waals surface area contributed by atoms with Gasteiger partial charge in [-0.25, -0.2) is 9.97 Å². The Morgan fingerprint density at radius 1 is 1.10 bits per heavy atom. The molecule has 0 aliphatic heterocycles. The second-order valence-corrected chi connectivity index (χ2v) is 4.62. The van der Waals surface area contributed by atoms with E-state index in [0.717, 1.165) is 0 Å². The smallest absolute Gasteiger partial charge is 0.213 e. The number of benzene rings is 1. The molecule has 0 saturated carbocycles. The number of rotatable bonds is 3. The Labute approximate surface area is 126 Å². The number of ketones is 1. The van der Waals surface area contributed by atoms with Crippen LogP contribution in [0, 0.1) is 6.20 Å². The van der Waals surface area contributed by atoms with Gasteiger partial charge >= 0.3 is 0 Å². The summed E-state index contributed by atoms with van der Waals surface area (Å²) in [4.78, 5) is 24.8. The van der Waals surface area contributed by atoms with Crippen LogP contribution < -0.4 is 0 Å². The molecular weight excluding hydrogens is 286 g/mol. The lowest BCUT2D eigenvalue weighted by atomic mass is 10.0. The van der Waals surface area contributed by atoms with E-state index in [2.05, 4.69) is 21.1 Å². The minimum Gasteiger partial charge on any atom is -0.287 e. The van der Waals surface area contributed by atoms with Gasteiger partial charge in [0.25, 0.3) is 0 Å². The van der Waals surface area contributed by atoms with Crippen LogP contribution in [0.5, 0.6) is 0 Å². The van der Waals surface area contributed by atoms with Gasteiger partial charge in [-0.3, -0.25) is 9.78 Å². The highest BCUT2D eigenvalue weighted by atomic mass is 35.5. The van der Waals surface area contributed by atoms with Crippen LogP contribution in [0.4, 0.5) is 0 Å². The van der Waals surface area contributed by atoms with Crippen molar-refractivity contribution in [2.75, 3.05) is 0 Å². The third-order valence-corrected chi connectivity index (χ3v) is 3.05. The molecular formula is C16H9ClN3O. The maximum atomic E-state index is 12.6. The number of aromatic nitrogens is 3. The first-order valence-electron chi connectivity index (χ1n) is 6.21. The molecule has 0 aliphatic carbocycles. The van der Waals surface area contributed by atoms with Crippen molar-refractivity contribution in [3.05, 3.63) is 77.5 Å². The minimum absolute atomic E-state index is 0.110. The number of nitrogens with zero attached hydrogens (tertiary/aromatic N) is 3. The number of carbonyl (C=O) groups excluding carboxylic acids is 1. The van der Waals surface area contributed by atoms with Crippen molar-refractivity contribution in [3.8, 4) is 11.3 Å². The summed E-state index contributed by atoms with van der Waals surface area (Å²) in [6.45, 7) is 0. The van der Waals surface area contributed by atoms with Crippen LogP contribution in [-0.2, 0) is 0 Å². The highest BCUT2D eigenvalue weighted by molar-refractivity contribution is 6.29. The molecule has 1 aromatic carbocycles. The van der Waals surface area contributed by atoms with Gasteiger partial charge in [0.05, 0.1) is 0 Å². The van der Waals surface area contributed by atoms with E-state index >= 15 is 0 Å². The van der Waals surface area contributed by atoms with Crippen LogP contribution in [0.2, 0.25) is 5.15 Å². The van der Waals surface area contributed by atoms with E-state index in [-0.39, 0.29) is 16.6 Å². The molecule has 2 aromatic heterocycles. The second-order valence-electron chi connectivity index (χ2n) is 4.26. The molecule has 3 rings (SSSR count). The summed E-state index contributed by atoms with van der Waals surface area (Å²) >= 11 is 5.86. The van der Waals surface area contributed by atoms with Gasteiger partial charge in [-0.1, -0.05) is 41.9 Å². The van der Waals surface area contributed by atoms with Gasteiger partial charge in [0.1, 0.15) is 17.6 Å². The summed E-state index contributed by atoms with van der Waals surface area (Å²) in [5.74, 6) is -0.227.